The van der Waals surface area contributed by atoms with Crippen molar-refractivity contribution in [2.75, 3.05) is 26.2 Å². The summed E-state index contributed by atoms with van der Waals surface area (Å²) in [5, 5.41) is 24.1. The molecule has 110 valence electrons. The van der Waals surface area contributed by atoms with E-state index in [1.165, 1.54) is 0 Å². The van der Waals surface area contributed by atoms with Crippen LogP contribution in [0.2, 0.25) is 0 Å². The molecule has 1 aliphatic rings. The van der Waals surface area contributed by atoms with Crippen molar-refractivity contribution >= 4 is 5.91 Å². The van der Waals surface area contributed by atoms with Crippen LogP contribution >= 0.6 is 0 Å². The predicted molar refractivity (Wildman–Crippen MR) is 76.7 cm³/mol. The van der Waals surface area contributed by atoms with Gasteiger partial charge in [-0.15, -0.1) is 0 Å². The van der Waals surface area contributed by atoms with Gasteiger partial charge in [0.1, 0.15) is 0 Å². The number of carbonyl (C=O) groups excluding carboxylic acids is 1. The Bertz CT molecular complexity index is 444. The molecule has 0 radical (unpaired) electrons. The van der Waals surface area contributed by atoms with Gasteiger partial charge in [-0.25, -0.2) is 0 Å². The van der Waals surface area contributed by atoms with Gasteiger partial charge in [0, 0.05) is 12.1 Å². The Labute approximate surface area is 119 Å². The normalized spacial score (nSPS) is 17.7. The molecule has 1 heterocycles. The molecule has 1 amide bonds. The first-order chi connectivity index (χ1) is 9.72. The van der Waals surface area contributed by atoms with Gasteiger partial charge < -0.3 is 20.8 Å². The van der Waals surface area contributed by atoms with E-state index >= 15 is 0 Å². The molecule has 0 saturated carbocycles. The van der Waals surface area contributed by atoms with Gasteiger partial charge in [-0.05, 0) is 43.5 Å². The highest BCUT2D eigenvalue weighted by Gasteiger charge is 2.21. The van der Waals surface area contributed by atoms with E-state index in [9.17, 15) is 9.90 Å². The second-order valence-corrected chi connectivity index (χ2v) is 5.16. The number of rotatable bonds is 5. The number of amides is 1. The number of aliphatic hydroxyl groups excluding tert-OH is 2. The van der Waals surface area contributed by atoms with E-state index in [1.54, 1.807) is 0 Å². The Kier molecular flexibility index (Phi) is 5.52. The van der Waals surface area contributed by atoms with Crippen molar-refractivity contribution in [3.63, 3.8) is 0 Å². The standard InChI is InChI=1S/C15H22N2O3/c18-10-12(19)9-17-15(20)14-4-2-1-3-13(14)11-5-7-16-8-6-11/h1-4,11-12,16,18-19H,5-10H2,(H,17,20). The van der Waals surface area contributed by atoms with Crippen LogP contribution in [-0.4, -0.2) is 48.5 Å². The molecule has 5 heteroatoms. The zero-order chi connectivity index (χ0) is 14.4. The number of hydrogen-bond donors (Lipinski definition) is 4. The number of aliphatic hydroxyl groups is 2. The third kappa shape index (κ3) is 3.79. The van der Waals surface area contributed by atoms with E-state index in [4.69, 9.17) is 5.11 Å². The highest BCUT2D eigenvalue weighted by Crippen LogP contribution is 2.27. The minimum Gasteiger partial charge on any atom is -0.394 e. The summed E-state index contributed by atoms with van der Waals surface area (Å²) in [6.07, 6.45) is 1.15. The molecule has 1 unspecified atom stereocenters. The summed E-state index contributed by atoms with van der Waals surface area (Å²) in [4.78, 5) is 12.2. The van der Waals surface area contributed by atoms with Crippen molar-refractivity contribution in [1.82, 2.24) is 10.6 Å². The van der Waals surface area contributed by atoms with Gasteiger partial charge in [0.05, 0.1) is 12.7 Å². The molecular formula is C15H22N2O3. The van der Waals surface area contributed by atoms with Crippen LogP contribution in [0.25, 0.3) is 0 Å². The maximum absolute atomic E-state index is 12.2. The van der Waals surface area contributed by atoms with Crippen LogP contribution in [-0.2, 0) is 0 Å². The average Bonchev–Trinajstić information content (AvgIpc) is 2.53. The Morgan fingerprint density at radius 1 is 1.35 bits per heavy atom. The highest BCUT2D eigenvalue weighted by molar-refractivity contribution is 5.95. The number of carbonyl (C=O) groups is 1. The molecular weight excluding hydrogens is 256 g/mol. The van der Waals surface area contributed by atoms with Gasteiger partial charge in [0.15, 0.2) is 0 Å². The van der Waals surface area contributed by atoms with Crippen molar-refractivity contribution in [3.8, 4) is 0 Å². The third-order valence-corrected chi connectivity index (χ3v) is 3.69. The Morgan fingerprint density at radius 2 is 2.05 bits per heavy atom. The molecule has 0 bridgehead atoms. The summed E-state index contributed by atoms with van der Waals surface area (Å²) < 4.78 is 0. The molecule has 1 aromatic rings. The van der Waals surface area contributed by atoms with Crippen LogP contribution in [0.1, 0.15) is 34.7 Å². The SMILES string of the molecule is O=C(NCC(O)CO)c1ccccc1C1CCNCC1. The molecule has 1 fully saturated rings. The molecule has 0 aromatic heterocycles. The largest absolute Gasteiger partial charge is 0.394 e. The fourth-order valence-corrected chi connectivity index (χ4v) is 2.56. The van der Waals surface area contributed by atoms with Gasteiger partial charge in [-0.3, -0.25) is 4.79 Å². The predicted octanol–water partition coefficient (Wildman–Crippen LogP) is 0.237. The summed E-state index contributed by atoms with van der Waals surface area (Å²) >= 11 is 0. The van der Waals surface area contributed by atoms with E-state index in [1.807, 2.05) is 24.3 Å². The molecule has 20 heavy (non-hydrogen) atoms. The third-order valence-electron chi connectivity index (χ3n) is 3.69. The van der Waals surface area contributed by atoms with Gasteiger partial charge >= 0.3 is 0 Å². The molecule has 5 nitrogen and oxygen atoms in total. The Balaban J connectivity index is 2.08. The molecule has 1 saturated heterocycles. The summed E-state index contributed by atoms with van der Waals surface area (Å²) in [7, 11) is 0. The lowest BCUT2D eigenvalue weighted by molar-refractivity contribution is 0.0801. The van der Waals surface area contributed by atoms with Crippen LogP contribution in [0.5, 0.6) is 0 Å². The van der Waals surface area contributed by atoms with Crippen molar-refractivity contribution in [2.45, 2.75) is 24.9 Å². The van der Waals surface area contributed by atoms with E-state index < -0.39 is 6.10 Å². The van der Waals surface area contributed by atoms with Crippen molar-refractivity contribution in [2.24, 2.45) is 0 Å². The maximum Gasteiger partial charge on any atom is 0.251 e. The van der Waals surface area contributed by atoms with E-state index in [0.717, 1.165) is 31.5 Å². The summed E-state index contributed by atoms with van der Waals surface area (Å²) in [6, 6.07) is 7.63. The van der Waals surface area contributed by atoms with Gasteiger partial charge in [-0.1, -0.05) is 18.2 Å². The monoisotopic (exact) mass is 278 g/mol. The lowest BCUT2D eigenvalue weighted by Crippen LogP contribution is -2.35. The first kappa shape index (κ1) is 15.0. The molecule has 1 aliphatic heterocycles. The van der Waals surface area contributed by atoms with Crippen LogP contribution < -0.4 is 10.6 Å². The molecule has 0 aliphatic carbocycles. The number of piperidine rings is 1. The zero-order valence-corrected chi connectivity index (χ0v) is 11.5. The number of benzene rings is 1. The van der Waals surface area contributed by atoms with Crippen molar-refractivity contribution in [1.29, 1.82) is 0 Å². The summed E-state index contributed by atoms with van der Waals surface area (Å²) in [5.74, 6) is 0.215. The van der Waals surface area contributed by atoms with E-state index in [-0.39, 0.29) is 19.1 Å². The topological polar surface area (TPSA) is 81.6 Å². The van der Waals surface area contributed by atoms with Crippen LogP contribution in [0.15, 0.2) is 24.3 Å². The molecule has 1 atom stereocenters. The minimum absolute atomic E-state index is 0.0654. The lowest BCUT2D eigenvalue weighted by atomic mass is 9.87. The molecule has 0 spiro atoms. The Hall–Kier alpha value is -1.43. The van der Waals surface area contributed by atoms with Crippen LogP contribution in [0.3, 0.4) is 0 Å². The second kappa shape index (κ2) is 7.38. The zero-order valence-electron chi connectivity index (χ0n) is 11.5. The quantitative estimate of drug-likeness (QED) is 0.622. The highest BCUT2D eigenvalue weighted by atomic mass is 16.3. The minimum atomic E-state index is -0.912. The first-order valence-corrected chi connectivity index (χ1v) is 7.09. The Morgan fingerprint density at radius 3 is 2.75 bits per heavy atom. The van der Waals surface area contributed by atoms with E-state index in [0.29, 0.717) is 11.5 Å². The average molecular weight is 278 g/mol. The number of nitrogens with one attached hydrogen (secondary N) is 2. The van der Waals surface area contributed by atoms with Gasteiger partial charge in [0.25, 0.3) is 5.91 Å². The summed E-state index contributed by atoms with van der Waals surface area (Å²) in [5.41, 5.74) is 1.74. The fraction of sp³-hybridized carbons (Fsp3) is 0.533. The smallest absolute Gasteiger partial charge is 0.251 e. The van der Waals surface area contributed by atoms with Crippen molar-refractivity contribution in [3.05, 3.63) is 35.4 Å². The van der Waals surface area contributed by atoms with Crippen molar-refractivity contribution < 1.29 is 15.0 Å². The van der Waals surface area contributed by atoms with Gasteiger partial charge in [0.2, 0.25) is 0 Å². The van der Waals surface area contributed by atoms with Crippen LogP contribution in [0.4, 0.5) is 0 Å². The van der Waals surface area contributed by atoms with Crippen LogP contribution in [0, 0.1) is 0 Å². The second-order valence-electron chi connectivity index (χ2n) is 5.16. The molecule has 1 aromatic carbocycles. The van der Waals surface area contributed by atoms with E-state index in [2.05, 4.69) is 10.6 Å². The first-order valence-electron chi connectivity index (χ1n) is 7.09. The van der Waals surface area contributed by atoms with Gasteiger partial charge in [-0.2, -0.15) is 0 Å². The fourth-order valence-electron chi connectivity index (χ4n) is 2.56. The lowest BCUT2D eigenvalue weighted by Gasteiger charge is -2.25. The maximum atomic E-state index is 12.2. The molecule has 2 rings (SSSR count). The molecule has 4 N–H and O–H groups in total. The number of hydrogen-bond acceptors (Lipinski definition) is 4. The summed E-state index contributed by atoms with van der Waals surface area (Å²) in [6.45, 7) is 1.67.